The zero-order valence-corrected chi connectivity index (χ0v) is 11.7. The van der Waals surface area contributed by atoms with Crippen LogP contribution in [-0.4, -0.2) is 26.2 Å². The molecule has 20 heavy (non-hydrogen) atoms. The lowest BCUT2D eigenvalue weighted by Crippen LogP contribution is -2.43. The van der Waals surface area contributed by atoms with Gasteiger partial charge in [-0.05, 0) is 41.8 Å². The maximum Gasteiger partial charge on any atom is 0.0367 e. The normalized spacial score (nSPS) is 15.3. The summed E-state index contributed by atoms with van der Waals surface area (Å²) in [7, 11) is 0. The number of piperazine rings is 1. The Balaban J connectivity index is 1.67. The highest BCUT2D eigenvalue weighted by Crippen LogP contribution is 2.18. The molecule has 1 aliphatic heterocycles. The Kier molecular flexibility index (Phi) is 3.88. The molecule has 0 aliphatic carbocycles. The van der Waals surface area contributed by atoms with E-state index >= 15 is 0 Å². The van der Waals surface area contributed by atoms with Crippen LogP contribution in [0.3, 0.4) is 0 Å². The molecule has 1 saturated heterocycles. The lowest BCUT2D eigenvalue weighted by Gasteiger charge is -2.29. The van der Waals surface area contributed by atoms with Gasteiger partial charge in [0.25, 0.3) is 0 Å². The topological polar surface area (TPSA) is 41.3 Å². The number of anilines is 2. The molecule has 0 amide bonds. The van der Waals surface area contributed by atoms with Crippen LogP contribution >= 0.6 is 0 Å². The molecule has 0 saturated carbocycles. The van der Waals surface area contributed by atoms with Crippen LogP contribution in [0.2, 0.25) is 0 Å². The van der Waals surface area contributed by atoms with E-state index in [0.717, 1.165) is 38.3 Å². The van der Waals surface area contributed by atoms with Crippen molar-refractivity contribution < 1.29 is 0 Å². The van der Waals surface area contributed by atoms with Crippen molar-refractivity contribution in [2.24, 2.45) is 0 Å². The standard InChI is InChI=1S/C17H21N3/c18-16-5-1-14(2-6-16)13-15-3-7-17(8-4-15)20-11-9-19-10-12-20/h1-8,19H,9-13,18H2. The molecule has 1 aliphatic rings. The first-order valence-electron chi connectivity index (χ1n) is 7.20. The summed E-state index contributed by atoms with van der Waals surface area (Å²) in [5.41, 5.74) is 10.5. The van der Waals surface area contributed by atoms with Gasteiger partial charge in [-0.25, -0.2) is 0 Å². The largest absolute Gasteiger partial charge is 0.399 e. The molecule has 2 aromatic carbocycles. The summed E-state index contributed by atoms with van der Waals surface area (Å²) in [6, 6.07) is 17.0. The zero-order valence-electron chi connectivity index (χ0n) is 11.7. The highest BCUT2D eigenvalue weighted by Gasteiger charge is 2.09. The van der Waals surface area contributed by atoms with Crippen LogP contribution in [0.15, 0.2) is 48.5 Å². The Hall–Kier alpha value is -2.00. The minimum absolute atomic E-state index is 0.822. The van der Waals surface area contributed by atoms with E-state index in [1.54, 1.807) is 0 Å². The molecule has 3 N–H and O–H groups in total. The number of rotatable bonds is 3. The van der Waals surface area contributed by atoms with Gasteiger partial charge in [0.05, 0.1) is 0 Å². The van der Waals surface area contributed by atoms with Crippen molar-refractivity contribution in [3.63, 3.8) is 0 Å². The number of nitrogens with two attached hydrogens (primary N) is 1. The van der Waals surface area contributed by atoms with Gasteiger partial charge in [-0.1, -0.05) is 24.3 Å². The van der Waals surface area contributed by atoms with Crippen LogP contribution in [0.25, 0.3) is 0 Å². The monoisotopic (exact) mass is 267 g/mol. The fourth-order valence-electron chi connectivity index (χ4n) is 2.62. The fourth-order valence-corrected chi connectivity index (χ4v) is 2.62. The maximum atomic E-state index is 5.71. The Labute approximate surface area is 120 Å². The third kappa shape index (κ3) is 3.11. The van der Waals surface area contributed by atoms with Crippen molar-refractivity contribution in [1.29, 1.82) is 0 Å². The van der Waals surface area contributed by atoms with Gasteiger partial charge in [-0.2, -0.15) is 0 Å². The second-order valence-electron chi connectivity index (χ2n) is 5.32. The van der Waals surface area contributed by atoms with E-state index in [-0.39, 0.29) is 0 Å². The average molecular weight is 267 g/mol. The maximum absolute atomic E-state index is 5.71. The van der Waals surface area contributed by atoms with Crippen LogP contribution < -0.4 is 16.0 Å². The van der Waals surface area contributed by atoms with E-state index in [0.29, 0.717) is 0 Å². The van der Waals surface area contributed by atoms with E-state index in [9.17, 15) is 0 Å². The summed E-state index contributed by atoms with van der Waals surface area (Å²) >= 11 is 0. The van der Waals surface area contributed by atoms with Crippen LogP contribution in [0.4, 0.5) is 11.4 Å². The second kappa shape index (κ2) is 5.97. The van der Waals surface area contributed by atoms with Gasteiger partial charge in [-0.15, -0.1) is 0 Å². The zero-order chi connectivity index (χ0) is 13.8. The van der Waals surface area contributed by atoms with Gasteiger partial charge in [0.15, 0.2) is 0 Å². The summed E-state index contributed by atoms with van der Waals surface area (Å²) in [6.07, 6.45) is 0.960. The SMILES string of the molecule is Nc1ccc(Cc2ccc(N3CCNCC3)cc2)cc1. The number of hydrogen-bond donors (Lipinski definition) is 2. The van der Waals surface area contributed by atoms with E-state index in [2.05, 4.69) is 46.6 Å². The lowest BCUT2D eigenvalue weighted by atomic mass is 10.0. The summed E-state index contributed by atoms with van der Waals surface area (Å²) in [5.74, 6) is 0. The molecule has 0 spiro atoms. The van der Waals surface area contributed by atoms with E-state index < -0.39 is 0 Å². The van der Waals surface area contributed by atoms with Crippen LogP contribution in [0.1, 0.15) is 11.1 Å². The third-order valence-corrected chi connectivity index (χ3v) is 3.81. The molecule has 1 fully saturated rings. The third-order valence-electron chi connectivity index (χ3n) is 3.81. The number of nitrogen functional groups attached to an aromatic ring is 1. The van der Waals surface area contributed by atoms with Gasteiger partial charge in [0.1, 0.15) is 0 Å². The first-order valence-corrected chi connectivity index (χ1v) is 7.20. The quantitative estimate of drug-likeness (QED) is 0.838. The summed E-state index contributed by atoms with van der Waals surface area (Å²) in [4.78, 5) is 2.43. The summed E-state index contributed by atoms with van der Waals surface area (Å²) in [5, 5.41) is 3.38. The molecule has 104 valence electrons. The lowest BCUT2D eigenvalue weighted by molar-refractivity contribution is 0.589. The minimum atomic E-state index is 0.822. The minimum Gasteiger partial charge on any atom is -0.399 e. The molecule has 3 nitrogen and oxygen atoms in total. The van der Waals surface area contributed by atoms with E-state index in [1.165, 1.54) is 16.8 Å². The van der Waals surface area contributed by atoms with E-state index in [1.807, 2.05) is 12.1 Å². The average Bonchev–Trinajstić information content (AvgIpc) is 2.51. The Morgan fingerprint density at radius 1 is 0.850 bits per heavy atom. The molecular formula is C17H21N3. The van der Waals surface area contributed by atoms with Gasteiger partial charge in [-0.3, -0.25) is 0 Å². The molecule has 0 unspecified atom stereocenters. The van der Waals surface area contributed by atoms with Crippen LogP contribution in [-0.2, 0) is 6.42 Å². The predicted molar refractivity (Wildman–Crippen MR) is 85.2 cm³/mol. The van der Waals surface area contributed by atoms with Crippen molar-refractivity contribution in [2.45, 2.75) is 6.42 Å². The smallest absolute Gasteiger partial charge is 0.0367 e. The van der Waals surface area contributed by atoms with Crippen molar-refractivity contribution in [3.05, 3.63) is 59.7 Å². The molecule has 0 atom stereocenters. The number of nitrogens with one attached hydrogen (secondary N) is 1. The highest BCUT2D eigenvalue weighted by atomic mass is 15.2. The molecule has 1 heterocycles. The van der Waals surface area contributed by atoms with Crippen molar-refractivity contribution in [3.8, 4) is 0 Å². The molecule has 3 heteroatoms. The summed E-state index contributed by atoms with van der Waals surface area (Å²) < 4.78 is 0. The van der Waals surface area contributed by atoms with Crippen molar-refractivity contribution in [1.82, 2.24) is 5.32 Å². The van der Waals surface area contributed by atoms with Gasteiger partial charge >= 0.3 is 0 Å². The molecular weight excluding hydrogens is 246 g/mol. The second-order valence-corrected chi connectivity index (χ2v) is 5.32. The van der Waals surface area contributed by atoms with Gasteiger partial charge in [0.2, 0.25) is 0 Å². The number of hydrogen-bond acceptors (Lipinski definition) is 3. The van der Waals surface area contributed by atoms with Gasteiger partial charge < -0.3 is 16.0 Å². The molecule has 3 rings (SSSR count). The highest BCUT2D eigenvalue weighted by molar-refractivity contribution is 5.49. The Morgan fingerprint density at radius 3 is 2.00 bits per heavy atom. The Bertz CT molecular complexity index is 539. The molecule has 0 aromatic heterocycles. The van der Waals surface area contributed by atoms with E-state index in [4.69, 9.17) is 5.73 Å². The number of nitrogens with zero attached hydrogens (tertiary/aromatic N) is 1. The van der Waals surface area contributed by atoms with Gasteiger partial charge in [0, 0.05) is 37.6 Å². The van der Waals surface area contributed by atoms with Crippen molar-refractivity contribution in [2.75, 3.05) is 36.8 Å². The number of benzene rings is 2. The summed E-state index contributed by atoms with van der Waals surface area (Å²) in [6.45, 7) is 4.34. The first-order chi connectivity index (χ1) is 9.81. The molecule has 0 radical (unpaired) electrons. The van der Waals surface area contributed by atoms with Crippen LogP contribution in [0, 0.1) is 0 Å². The predicted octanol–water partition coefficient (Wildman–Crippen LogP) is 2.27. The van der Waals surface area contributed by atoms with Crippen molar-refractivity contribution >= 4 is 11.4 Å². The molecule has 0 bridgehead atoms. The Morgan fingerprint density at radius 2 is 1.40 bits per heavy atom. The fraction of sp³-hybridized carbons (Fsp3) is 0.294. The van der Waals surface area contributed by atoms with Crippen LogP contribution in [0.5, 0.6) is 0 Å². The first kappa shape index (κ1) is 13.0. The molecule has 2 aromatic rings.